The molecule has 0 heterocycles. The van der Waals surface area contributed by atoms with Crippen LogP contribution in [-0.4, -0.2) is 191 Å². The summed E-state index contributed by atoms with van der Waals surface area (Å²) in [4.78, 5) is 4.14. The summed E-state index contributed by atoms with van der Waals surface area (Å²) in [5.74, 6) is 3.26. The minimum Gasteiger partial charge on any atom is -1.00 e. The molecule has 0 N–H and O–H groups in total. The van der Waals surface area contributed by atoms with Crippen molar-refractivity contribution in [1.29, 1.82) is 0 Å². The second-order valence-electron chi connectivity index (χ2n) is 14.0. The zero-order chi connectivity index (χ0) is 47.2. The highest BCUT2D eigenvalue weighted by atomic mass is 127. The van der Waals surface area contributed by atoms with Gasteiger partial charge < -0.3 is 93.9 Å². The number of nitrogens with zero attached hydrogens (tertiary/aromatic N) is 4. The van der Waals surface area contributed by atoms with Crippen LogP contribution in [0.25, 0.3) is 0 Å². The predicted molar refractivity (Wildman–Crippen MR) is 271 cm³/mol. The molecule has 0 radical (unpaired) electrons. The van der Waals surface area contributed by atoms with Gasteiger partial charge in [-0.05, 0) is 118 Å². The summed E-state index contributed by atoms with van der Waals surface area (Å²) in [7, 11) is 20.7. The van der Waals surface area contributed by atoms with Crippen LogP contribution < -0.4 is 48.0 Å². The molecule has 0 aromatic heterocycles. The summed E-state index contributed by atoms with van der Waals surface area (Å²) >= 11 is 13.1. The summed E-state index contributed by atoms with van der Waals surface area (Å²) in [6.45, 7) is 9.42. The molecule has 0 aliphatic rings. The van der Waals surface area contributed by atoms with E-state index >= 15 is 0 Å². The van der Waals surface area contributed by atoms with Gasteiger partial charge in [0, 0.05) is 35.8 Å². The molecular formula is C34H88Cl2I2N4O12P4S4. The summed E-state index contributed by atoms with van der Waals surface area (Å²) in [6, 6.07) is 0. The van der Waals surface area contributed by atoms with Crippen molar-refractivity contribution >= 4 is 97.8 Å². The SMILES string of the molecule is CCOP(=O)(Cl)OCC.CCOP(=O)(OCC)SCCN(C)C.CCOP(=O)(OCC)SCC[N+](C)(C)C.CCOP(=O)(OCC)SCC[N+](C)(C)C.CN(C)CCS.Cl.[I-].[I-]. The van der Waals surface area contributed by atoms with E-state index in [1.165, 1.54) is 34.1 Å². The van der Waals surface area contributed by atoms with Crippen LogP contribution in [0.15, 0.2) is 0 Å². The number of rotatable bonds is 30. The van der Waals surface area contributed by atoms with Gasteiger partial charge in [-0.2, -0.15) is 12.6 Å². The van der Waals surface area contributed by atoms with Gasteiger partial charge in [0.05, 0.1) is 120 Å². The van der Waals surface area contributed by atoms with Crippen molar-refractivity contribution in [1.82, 2.24) is 9.80 Å². The zero-order valence-corrected chi connectivity index (χ0v) is 53.8. The van der Waals surface area contributed by atoms with E-state index in [-0.39, 0.29) is 60.4 Å². The molecule has 0 aliphatic carbocycles. The average molecular weight is 1320 g/mol. The number of halogens is 4. The molecule has 28 heteroatoms. The molecule has 0 aliphatic heterocycles. The van der Waals surface area contributed by atoms with Crippen molar-refractivity contribution in [3.63, 3.8) is 0 Å². The summed E-state index contributed by atoms with van der Waals surface area (Å²) < 4.78 is 88.4. The molecule has 0 bridgehead atoms. The lowest BCUT2D eigenvalue weighted by molar-refractivity contribution is -0.867. The molecule has 0 saturated heterocycles. The molecule has 388 valence electrons. The van der Waals surface area contributed by atoms with Crippen molar-refractivity contribution in [2.45, 2.75) is 55.4 Å². The average Bonchev–Trinajstić information content (AvgIpc) is 3.05. The molecule has 0 unspecified atom stereocenters. The van der Waals surface area contributed by atoms with Crippen LogP contribution in [0.3, 0.4) is 0 Å². The van der Waals surface area contributed by atoms with Gasteiger partial charge in [-0.25, -0.2) is 18.3 Å². The Hall–Kier alpha value is 3.88. The van der Waals surface area contributed by atoms with E-state index in [4.69, 9.17) is 38.4 Å². The Balaban J connectivity index is -0.0000000996. The van der Waals surface area contributed by atoms with Crippen molar-refractivity contribution < 1.29 is 111 Å². The Morgan fingerprint density at radius 2 is 0.694 bits per heavy atom. The standard InChI is InChI=1S/2C9H23NO3PS.C8H20NO3PS.C4H10ClO3P.C4H11NS.ClH.2HI/c2*1-6-12-14(11,13-7-2)15-9-8-10(3,4)5;1-5-11-13(10,12-6-2)14-8-7-9(3)4;1-3-7-9(5,6)8-4-2;1-5(2)3-4-6;;;/h2*6-9H2,1-5H3;5-8H2,1-4H3;3-4H2,1-2H3;6H,3-4H2,1-2H3;3*1H/q2*+1;;;;;;/p-2. The Kier molecular flexibility index (Phi) is 66.6. The van der Waals surface area contributed by atoms with E-state index < -0.39 is 27.3 Å². The molecule has 62 heavy (non-hydrogen) atoms. The van der Waals surface area contributed by atoms with Crippen LogP contribution >= 0.6 is 97.8 Å². The lowest BCUT2D eigenvalue weighted by Gasteiger charge is -2.24. The first-order chi connectivity index (χ1) is 27.1. The maximum Gasteiger partial charge on any atom is 0.424 e. The van der Waals surface area contributed by atoms with Gasteiger partial charge in [0.1, 0.15) is 0 Å². The van der Waals surface area contributed by atoms with Crippen molar-refractivity contribution in [3.05, 3.63) is 0 Å². The molecule has 0 spiro atoms. The minimum absolute atomic E-state index is 0. The third kappa shape index (κ3) is 66.0. The molecule has 0 atom stereocenters. The van der Waals surface area contributed by atoms with Gasteiger partial charge in [-0.1, -0.05) is 0 Å². The molecule has 0 aromatic carbocycles. The van der Waals surface area contributed by atoms with Crippen LogP contribution in [0.2, 0.25) is 0 Å². The van der Waals surface area contributed by atoms with Gasteiger partial charge in [0.15, 0.2) is 0 Å². The first kappa shape index (κ1) is 82.8. The third-order valence-corrected chi connectivity index (χ3v) is 19.4. The molecule has 0 saturated carbocycles. The monoisotopic (exact) mass is 1320 g/mol. The Morgan fingerprint density at radius 3 is 0.855 bits per heavy atom. The fourth-order valence-corrected chi connectivity index (χ4v) is 15.6. The summed E-state index contributed by atoms with van der Waals surface area (Å²) in [5, 5.41) is 0. The summed E-state index contributed by atoms with van der Waals surface area (Å²) in [5.41, 5.74) is 0. The Labute approximate surface area is 442 Å². The van der Waals surface area contributed by atoms with Crippen LogP contribution in [0.4, 0.5) is 0 Å². The molecule has 0 fully saturated rings. The Morgan fingerprint density at radius 1 is 0.468 bits per heavy atom. The molecule has 0 amide bonds. The lowest BCUT2D eigenvalue weighted by Crippen LogP contribution is -3.00. The largest absolute Gasteiger partial charge is 1.00 e. The van der Waals surface area contributed by atoms with Gasteiger partial charge in [-0.15, -0.1) is 12.4 Å². The zero-order valence-electron chi connectivity index (χ0n) is 41.0. The van der Waals surface area contributed by atoms with Gasteiger partial charge in [-0.3, -0.25) is 9.05 Å². The van der Waals surface area contributed by atoms with E-state index in [1.54, 1.807) is 13.8 Å². The molecule has 0 rings (SSSR count). The highest BCUT2D eigenvalue weighted by Gasteiger charge is 2.27. The first-order valence-corrected chi connectivity index (χ1v) is 32.3. The van der Waals surface area contributed by atoms with E-state index in [0.29, 0.717) is 52.9 Å². The molecule has 0 aromatic rings. The second kappa shape index (κ2) is 49.8. The van der Waals surface area contributed by atoms with Crippen molar-refractivity contribution in [3.8, 4) is 0 Å². The fourth-order valence-electron chi connectivity index (χ4n) is 3.02. The topological polar surface area (TPSA) is 149 Å². The highest BCUT2D eigenvalue weighted by Crippen LogP contribution is 2.61. The van der Waals surface area contributed by atoms with Gasteiger partial charge in [0.25, 0.3) is 0 Å². The van der Waals surface area contributed by atoms with E-state index in [1.807, 2.05) is 74.6 Å². The Bertz CT molecular complexity index is 1080. The highest BCUT2D eigenvalue weighted by molar-refractivity contribution is 8.55. The lowest BCUT2D eigenvalue weighted by atomic mass is 10.6. The number of quaternary nitrogens is 2. The smallest absolute Gasteiger partial charge is 0.424 e. The normalized spacial score (nSPS) is 11.8. The first-order valence-electron chi connectivity index (χ1n) is 19.8. The molecule has 16 nitrogen and oxygen atoms in total. The van der Waals surface area contributed by atoms with Crippen molar-refractivity contribution in [2.24, 2.45) is 0 Å². The number of thiol groups is 1. The minimum atomic E-state index is -3.22. The van der Waals surface area contributed by atoms with E-state index in [0.717, 1.165) is 58.2 Å². The van der Waals surface area contributed by atoms with E-state index in [9.17, 15) is 18.3 Å². The quantitative estimate of drug-likeness (QED) is 0.0446. The number of hydrogen-bond donors (Lipinski definition) is 1. The number of hydrogen-bond acceptors (Lipinski definition) is 18. The van der Waals surface area contributed by atoms with Crippen LogP contribution in [0, 0.1) is 0 Å². The summed E-state index contributed by atoms with van der Waals surface area (Å²) in [6.07, 6.45) is 0. The maximum atomic E-state index is 12.0. The van der Waals surface area contributed by atoms with Crippen LogP contribution in [-0.2, 0) is 54.5 Å². The third-order valence-electron chi connectivity index (χ3n) is 5.65. The molecular weight excluding hydrogens is 1230 g/mol. The van der Waals surface area contributed by atoms with Crippen LogP contribution in [0.1, 0.15) is 55.4 Å². The fraction of sp³-hybridized carbons (Fsp3) is 1.00. The van der Waals surface area contributed by atoms with Crippen molar-refractivity contribution in [2.75, 3.05) is 173 Å². The van der Waals surface area contributed by atoms with Crippen LogP contribution in [0.5, 0.6) is 0 Å². The van der Waals surface area contributed by atoms with Gasteiger partial charge in [0.2, 0.25) is 0 Å². The maximum absolute atomic E-state index is 12.0. The predicted octanol–water partition coefficient (Wildman–Crippen LogP) is 4.99. The van der Waals surface area contributed by atoms with Gasteiger partial charge >= 0.3 is 27.3 Å². The van der Waals surface area contributed by atoms with E-state index in [2.05, 4.69) is 68.9 Å². The second-order valence-corrected chi connectivity index (χ2v) is 29.6.